The number of nitrogens with one attached hydrogen (secondary N) is 1. The molecule has 0 fully saturated rings. The van der Waals surface area contributed by atoms with Gasteiger partial charge in [0, 0.05) is 17.1 Å². The molecule has 1 aromatic heterocycles. The molecule has 1 heterocycles. The van der Waals surface area contributed by atoms with Gasteiger partial charge in [-0.05, 0) is 68.3 Å². The number of amides is 1. The second kappa shape index (κ2) is 8.18. The maximum atomic E-state index is 12.4. The highest BCUT2D eigenvalue weighted by Gasteiger charge is 2.17. The standard InChI is InChI=1S/C20H21N3O3S/c1-12-9-13(2)11-17(10-12)26-14(3)19(24)22-20-21-18(23-27-20)15-5-7-16(25-4)8-6-15/h5-11,14H,1-4H3,(H,21,22,23,24). The number of carbonyl (C=O) groups is 1. The van der Waals surface area contributed by atoms with Crippen LogP contribution in [0.4, 0.5) is 5.13 Å². The summed E-state index contributed by atoms with van der Waals surface area (Å²) in [5.41, 5.74) is 3.03. The zero-order valence-corrected chi connectivity index (χ0v) is 16.5. The van der Waals surface area contributed by atoms with Gasteiger partial charge in [0.05, 0.1) is 7.11 Å². The third-order valence-electron chi connectivity index (χ3n) is 3.88. The highest BCUT2D eigenvalue weighted by molar-refractivity contribution is 7.10. The molecule has 140 valence electrons. The second-order valence-corrected chi connectivity index (χ2v) is 6.98. The summed E-state index contributed by atoms with van der Waals surface area (Å²) in [5, 5.41) is 3.19. The number of ether oxygens (including phenoxy) is 2. The first-order valence-corrected chi connectivity index (χ1v) is 9.26. The zero-order chi connectivity index (χ0) is 19.4. The van der Waals surface area contributed by atoms with Gasteiger partial charge in [0.25, 0.3) is 5.91 Å². The lowest BCUT2D eigenvalue weighted by Crippen LogP contribution is -2.30. The minimum absolute atomic E-state index is 0.272. The van der Waals surface area contributed by atoms with Crippen LogP contribution in [-0.2, 0) is 4.79 Å². The molecular formula is C20H21N3O3S. The van der Waals surface area contributed by atoms with Crippen LogP contribution in [0.2, 0.25) is 0 Å². The van der Waals surface area contributed by atoms with E-state index >= 15 is 0 Å². The number of methoxy groups -OCH3 is 1. The van der Waals surface area contributed by atoms with E-state index in [1.807, 2.05) is 50.2 Å². The monoisotopic (exact) mass is 383 g/mol. The lowest BCUT2D eigenvalue weighted by molar-refractivity contribution is -0.122. The Labute approximate surface area is 162 Å². The van der Waals surface area contributed by atoms with E-state index in [1.54, 1.807) is 14.0 Å². The molecule has 1 amide bonds. The van der Waals surface area contributed by atoms with Gasteiger partial charge >= 0.3 is 0 Å². The summed E-state index contributed by atoms with van der Waals surface area (Å²) in [6.45, 7) is 5.69. The van der Waals surface area contributed by atoms with Crippen molar-refractivity contribution < 1.29 is 14.3 Å². The molecule has 1 atom stereocenters. The van der Waals surface area contributed by atoms with Gasteiger partial charge in [-0.25, -0.2) is 0 Å². The number of nitrogens with zero attached hydrogens (tertiary/aromatic N) is 2. The number of hydrogen-bond acceptors (Lipinski definition) is 6. The molecule has 2 aromatic carbocycles. The SMILES string of the molecule is COc1ccc(-c2nsc(NC(=O)C(C)Oc3cc(C)cc(C)c3)n2)cc1. The summed E-state index contributed by atoms with van der Waals surface area (Å²) in [4.78, 5) is 16.8. The lowest BCUT2D eigenvalue weighted by Gasteiger charge is -2.14. The summed E-state index contributed by atoms with van der Waals surface area (Å²) in [5.74, 6) is 1.72. The van der Waals surface area contributed by atoms with Gasteiger partial charge in [0.15, 0.2) is 11.9 Å². The van der Waals surface area contributed by atoms with E-state index in [2.05, 4.69) is 20.7 Å². The fourth-order valence-corrected chi connectivity index (χ4v) is 3.19. The molecule has 3 aromatic rings. The molecule has 6 nitrogen and oxygen atoms in total. The second-order valence-electron chi connectivity index (χ2n) is 6.22. The van der Waals surface area contributed by atoms with Crippen LogP contribution in [0.5, 0.6) is 11.5 Å². The van der Waals surface area contributed by atoms with Gasteiger partial charge in [-0.1, -0.05) is 6.07 Å². The normalized spacial score (nSPS) is 11.7. The predicted molar refractivity (Wildman–Crippen MR) is 107 cm³/mol. The van der Waals surface area contributed by atoms with E-state index < -0.39 is 6.10 Å². The Morgan fingerprint density at radius 1 is 1.07 bits per heavy atom. The van der Waals surface area contributed by atoms with Gasteiger partial charge in [0.1, 0.15) is 11.5 Å². The van der Waals surface area contributed by atoms with Crippen LogP contribution in [0.3, 0.4) is 0 Å². The largest absolute Gasteiger partial charge is 0.497 e. The Morgan fingerprint density at radius 3 is 2.37 bits per heavy atom. The van der Waals surface area contributed by atoms with Gasteiger partial charge in [-0.15, -0.1) is 0 Å². The molecule has 0 aliphatic carbocycles. The van der Waals surface area contributed by atoms with Crippen molar-refractivity contribution in [1.29, 1.82) is 0 Å². The molecule has 7 heteroatoms. The van der Waals surface area contributed by atoms with E-state index in [1.165, 1.54) is 0 Å². The van der Waals surface area contributed by atoms with Gasteiger partial charge in [0.2, 0.25) is 5.13 Å². The molecule has 0 spiro atoms. The number of aromatic nitrogens is 2. The Bertz CT molecular complexity index is 918. The summed E-state index contributed by atoms with van der Waals surface area (Å²) in [6.07, 6.45) is -0.653. The topological polar surface area (TPSA) is 73.3 Å². The molecule has 0 saturated heterocycles. The Balaban J connectivity index is 1.64. The highest BCUT2D eigenvalue weighted by Crippen LogP contribution is 2.24. The number of rotatable bonds is 6. The van der Waals surface area contributed by atoms with Crippen LogP contribution in [0.1, 0.15) is 18.1 Å². The quantitative estimate of drug-likeness (QED) is 0.689. The van der Waals surface area contributed by atoms with Crippen LogP contribution in [0.15, 0.2) is 42.5 Å². The van der Waals surface area contributed by atoms with E-state index in [0.29, 0.717) is 16.7 Å². The van der Waals surface area contributed by atoms with Crippen LogP contribution >= 0.6 is 11.5 Å². The number of carbonyl (C=O) groups excluding carboxylic acids is 1. The van der Waals surface area contributed by atoms with Gasteiger partial charge in [-0.2, -0.15) is 9.36 Å². The Hall–Kier alpha value is -2.93. The van der Waals surface area contributed by atoms with Crippen LogP contribution < -0.4 is 14.8 Å². The lowest BCUT2D eigenvalue weighted by atomic mass is 10.1. The summed E-state index contributed by atoms with van der Waals surface area (Å²) in [6, 6.07) is 13.3. The summed E-state index contributed by atoms with van der Waals surface area (Å²) >= 11 is 1.13. The van der Waals surface area contributed by atoms with Gasteiger partial charge in [-0.3, -0.25) is 10.1 Å². The third kappa shape index (κ3) is 4.83. The van der Waals surface area contributed by atoms with Crippen molar-refractivity contribution in [2.75, 3.05) is 12.4 Å². The average molecular weight is 383 g/mol. The fourth-order valence-electron chi connectivity index (χ4n) is 2.60. The molecule has 1 unspecified atom stereocenters. The van der Waals surface area contributed by atoms with Crippen molar-refractivity contribution in [2.45, 2.75) is 26.9 Å². The van der Waals surface area contributed by atoms with Crippen molar-refractivity contribution in [1.82, 2.24) is 9.36 Å². The van der Waals surface area contributed by atoms with Crippen LogP contribution in [0.25, 0.3) is 11.4 Å². The first kappa shape index (κ1) is 18.8. The fraction of sp³-hybridized carbons (Fsp3) is 0.250. The molecule has 0 saturated carbocycles. The van der Waals surface area contributed by atoms with Crippen LogP contribution in [0, 0.1) is 13.8 Å². The van der Waals surface area contributed by atoms with Crippen molar-refractivity contribution in [3.63, 3.8) is 0 Å². The minimum Gasteiger partial charge on any atom is -0.497 e. The maximum absolute atomic E-state index is 12.4. The predicted octanol–water partition coefficient (Wildman–Crippen LogP) is 4.24. The minimum atomic E-state index is -0.653. The number of benzene rings is 2. The van der Waals surface area contributed by atoms with Crippen molar-refractivity contribution >= 4 is 22.6 Å². The number of hydrogen-bond donors (Lipinski definition) is 1. The van der Waals surface area contributed by atoms with Crippen molar-refractivity contribution in [3.05, 3.63) is 53.6 Å². The molecule has 1 N–H and O–H groups in total. The molecule has 3 rings (SSSR count). The number of aryl methyl sites for hydroxylation is 2. The van der Waals surface area contributed by atoms with Gasteiger partial charge < -0.3 is 9.47 Å². The van der Waals surface area contributed by atoms with Crippen LogP contribution in [-0.4, -0.2) is 28.5 Å². The first-order valence-electron chi connectivity index (χ1n) is 8.48. The molecule has 0 aliphatic heterocycles. The average Bonchev–Trinajstić information content (AvgIpc) is 3.09. The van der Waals surface area contributed by atoms with E-state index in [-0.39, 0.29) is 5.91 Å². The molecule has 0 bridgehead atoms. The zero-order valence-electron chi connectivity index (χ0n) is 15.6. The Morgan fingerprint density at radius 2 is 1.74 bits per heavy atom. The van der Waals surface area contributed by atoms with E-state index in [4.69, 9.17) is 9.47 Å². The molecule has 27 heavy (non-hydrogen) atoms. The van der Waals surface area contributed by atoms with E-state index in [0.717, 1.165) is 34.0 Å². The molecule has 0 radical (unpaired) electrons. The summed E-state index contributed by atoms with van der Waals surface area (Å²) in [7, 11) is 1.62. The first-order chi connectivity index (χ1) is 12.9. The van der Waals surface area contributed by atoms with E-state index in [9.17, 15) is 4.79 Å². The molecular weight excluding hydrogens is 362 g/mol. The smallest absolute Gasteiger partial charge is 0.266 e. The van der Waals surface area contributed by atoms with Crippen molar-refractivity contribution in [3.8, 4) is 22.9 Å². The third-order valence-corrected chi connectivity index (χ3v) is 4.51. The number of anilines is 1. The summed E-state index contributed by atoms with van der Waals surface area (Å²) < 4.78 is 15.2. The van der Waals surface area contributed by atoms with Crippen molar-refractivity contribution in [2.24, 2.45) is 0 Å². The Kier molecular flexibility index (Phi) is 5.71. The maximum Gasteiger partial charge on any atom is 0.266 e. The molecule has 0 aliphatic rings. The highest BCUT2D eigenvalue weighted by atomic mass is 32.1.